The predicted octanol–water partition coefficient (Wildman–Crippen LogP) is 0.713. The number of aromatic nitrogens is 3. The van der Waals surface area contributed by atoms with Gasteiger partial charge in [-0.15, -0.1) is 5.10 Å². The zero-order chi connectivity index (χ0) is 16.4. The quantitative estimate of drug-likeness (QED) is 0.890. The zero-order valence-electron chi connectivity index (χ0n) is 13.3. The maximum atomic E-state index is 13.0. The molecule has 0 radical (unpaired) electrons. The van der Waals surface area contributed by atoms with Gasteiger partial charge in [0.25, 0.3) is 10.0 Å². The molecule has 8 heteroatoms. The van der Waals surface area contributed by atoms with Crippen LogP contribution in [0.3, 0.4) is 0 Å². The second-order valence-corrected chi connectivity index (χ2v) is 7.46. The van der Waals surface area contributed by atoms with Crippen molar-refractivity contribution in [2.45, 2.75) is 24.4 Å². The average Bonchev–Trinajstić information content (AvgIpc) is 3.02. The van der Waals surface area contributed by atoms with Gasteiger partial charge in [-0.25, -0.2) is 13.1 Å². The first kappa shape index (κ1) is 16.1. The van der Waals surface area contributed by atoms with Crippen LogP contribution in [0.5, 0.6) is 0 Å². The van der Waals surface area contributed by atoms with Gasteiger partial charge in [-0.05, 0) is 17.5 Å². The minimum Gasteiger partial charge on any atom is -0.313 e. The fraction of sp³-hybridized carbons (Fsp3) is 0.467. The van der Waals surface area contributed by atoms with Crippen molar-refractivity contribution < 1.29 is 8.42 Å². The van der Waals surface area contributed by atoms with E-state index in [-0.39, 0.29) is 11.1 Å². The zero-order valence-corrected chi connectivity index (χ0v) is 14.1. The fourth-order valence-corrected chi connectivity index (χ4v) is 4.52. The van der Waals surface area contributed by atoms with E-state index in [9.17, 15) is 8.42 Å². The standard InChI is InChI=1S/C15H21N5O2S/c1-3-12-4-6-13(7-5-12)14-10-16-8-9-20(14)23(21,22)15-11-17-18-19(15)2/h4-7,11,14,16H,3,8-10H2,1-2H3. The third kappa shape index (κ3) is 3.01. The summed E-state index contributed by atoms with van der Waals surface area (Å²) in [6.07, 6.45) is 2.26. The Morgan fingerprint density at radius 2 is 2.04 bits per heavy atom. The smallest absolute Gasteiger partial charge is 0.262 e. The maximum Gasteiger partial charge on any atom is 0.262 e. The van der Waals surface area contributed by atoms with Crippen LogP contribution in [0.25, 0.3) is 0 Å². The Kier molecular flexibility index (Phi) is 4.47. The highest BCUT2D eigenvalue weighted by molar-refractivity contribution is 7.89. The summed E-state index contributed by atoms with van der Waals surface area (Å²) in [5, 5.41) is 10.8. The Morgan fingerprint density at radius 3 is 2.65 bits per heavy atom. The first-order valence-electron chi connectivity index (χ1n) is 7.70. The minimum absolute atomic E-state index is 0.120. The Bertz CT molecular complexity index is 769. The van der Waals surface area contributed by atoms with E-state index >= 15 is 0 Å². The monoisotopic (exact) mass is 335 g/mol. The van der Waals surface area contributed by atoms with E-state index in [1.807, 2.05) is 12.1 Å². The van der Waals surface area contributed by atoms with Crippen LogP contribution in [0.1, 0.15) is 24.1 Å². The molecule has 23 heavy (non-hydrogen) atoms. The first-order valence-corrected chi connectivity index (χ1v) is 9.14. The topological polar surface area (TPSA) is 80.1 Å². The van der Waals surface area contributed by atoms with E-state index < -0.39 is 10.0 Å². The average molecular weight is 335 g/mol. The second kappa shape index (κ2) is 6.38. The number of nitrogens with zero attached hydrogens (tertiary/aromatic N) is 4. The van der Waals surface area contributed by atoms with Gasteiger partial charge in [-0.3, -0.25) is 0 Å². The summed E-state index contributed by atoms with van der Waals surface area (Å²) in [4.78, 5) is 0. The van der Waals surface area contributed by atoms with Crippen molar-refractivity contribution in [3.8, 4) is 0 Å². The normalized spacial score (nSPS) is 19.8. The van der Waals surface area contributed by atoms with Crippen molar-refractivity contribution >= 4 is 10.0 Å². The third-order valence-electron chi connectivity index (χ3n) is 4.21. The summed E-state index contributed by atoms with van der Waals surface area (Å²) in [5.41, 5.74) is 2.23. The summed E-state index contributed by atoms with van der Waals surface area (Å²) in [6, 6.07) is 7.91. The summed E-state index contributed by atoms with van der Waals surface area (Å²) in [5.74, 6) is 0. The molecule has 0 bridgehead atoms. The molecule has 1 fully saturated rings. The largest absolute Gasteiger partial charge is 0.313 e. The summed E-state index contributed by atoms with van der Waals surface area (Å²) >= 11 is 0. The van der Waals surface area contributed by atoms with Crippen LogP contribution in [-0.2, 0) is 23.5 Å². The molecule has 124 valence electrons. The Hall–Kier alpha value is -1.77. The highest BCUT2D eigenvalue weighted by atomic mass is 32.2. The van der Waals surface area contributed by atoms with Crippen molar-refractivity contribution in [1.82, 2.24) is 24.6 Å². The van der Waals surface area contributed by atoms with E-state index in [0.717, 1.165) is 12.0 Å². The molecular formula is C15H21N5O2S. The number of rotatable bonds is 4. The van der Waals surface area contributed by atoms with Crippen LogP contribution in [-0.4, -0.2) is 47.4 Å². The SMILES string of the molecule is CCc1ccc(C2CNCCN2S(=O)(=O)c2cnnn2C)cc1. The van der Waals surface area contributed by atoms with E-state index in [1.54, 1.807) is 11.4 Å². The number of sulfonamides is 1. The van der Waals surface area contributed by atoms with E-state index in [1.165, 1.54) is 16.4 Å². The Balaban J connectivity index is 1.97. The highest BCUT2D eigenvalue weighted by Gasteiger charge is 2.36. The number of benzene rings is 1. The van der Waals surface area contributed by atoms with Crippen molar-refractivity contribution in [1.29, 1.82) is 0 Å². The summed E-state index contributed by atoms with van der Waals surface area (Å²) < 4.78 is 28.8. The van der Waals surface area contributed by atoms with Crippen LogP contribution in [0.2, 0.25) is 0 Å². The van der Waals surface area contributed by atoms with Gasteiger partial charge in [0.05, 0.1) is 12.2 Å². The lowest BCUT2D eigenvalue weighted by atomic mass is 10.0. The van der Waals surface area contributed by atoms with Crippen molar-refractivity contribution in [2.75, 3.05) is 19.6 Å². The number of hydrogen-bond acceptors (Lipinski definition) is 5. The molecule has 1 aromatic heterocycles. The number of aryl methyl sites for hydroxylation is 2. The molecule has 1 unspecified atom stereocenters. The molecule has 0 aliphatic carbocycles. The molecule has 2 aromatic rings. The lowest BCUT2D eigenvalue weighted by Crippen LogP contribution is -2.48. The maximum absolute atomic E-state index is 13.0. The molecule has 0 amide bonds. The molecule has 0 spiro atoms. The summed E-state index contributed by atoms with van der Waals surface area (Å²) in [6.45, 7) is 3.75. The van der Waals surface area contributed by atoms with Gasteiger partial charge in [0, 0.05) is 26.7 Å². The highest BCUT2D eigenvalue weighted by Crippen LogP contribution is 2.28. The lowest BCUT2D eigenvalue weighted by molar-refractivity contribution is 0.269. The number of hydrogen-bond donors (Lipinski definition) is 1. The van der Waals surface area contributed by atoms with E-state index in [2.05, 4.69) is 34.7 Å². The van der Waals surface area contributed by atoms with Crippen molar-refractivity contribution in [3.05, 3.63) is 41.6 Å². The van der Waals surface area contributed by atoms with Gasteiger partial charge >= 0.3 is 0 Å². The van der Waals surface area contributed by atoms with Gasteiger partial charge < -0.3 is 5.32 Å². The van der Waals surface area contributed by atoms with Crippen LogP contribution in [0.15, 0.2) is 35.5 Å². The van der Waals surface area contributed by atoms with E-state index in [4.69, 9.17) is 0 Å². The van der Waals surface area contributed by atoms with Crippen molar-refractivity contribution in [2.24, 2.45) is 7.05 Å². The van der Waals surface area contributed by atoms with Gasteiger partial charge in [0.1, 0.15) is 0 Å². The lowest BCUT2D eigenvalue weighted by Gasteiger charge is -2.35. The number of piperazine rings is 1. The predicted molar refractivity (Wildman–Crippen MR) is 86.3 cm³/mol. The molecule has 1 aliphatic rings. The minimum atomic E-state index is -3.63. The Labute approximate surface area is 136 Å². The summed E-state index contributed by atoms with van der Waals surface area (Å²) in [7, 11) is -2.04. The molecule has 0 saturated carbocycles. The van der Waals surface area contributed by atoms with Gasteiger partial charge in [-0.1, -0.05) is 36.4 Å². The third-order valence-corrected chi connectivity index (χ3v) is 6.17. The van der Waals surface area contributed by atoms with Crippen LogP contribution in [0, 0.1) is 0 Å². The first-order chi connectivity index (χ1) is 11.0. The molecular weight excluding hydrogens is 314 g/mol. The van der Waals surface area contributed by atoms with E-state index in [0.29, 0.717) is 19.6 Å². The molecule has 3 rings (SSSR count). The van der Waals surface area contributed by atoms with Gasteiger partial charge in [-0.2, -0.15) is 4.31 Å². The Morgan fingerprint density at radius 1 is 1.30 bits per heavy atom. The van der Waals surface area contributed by atoms with Gasteiger partial charge in [0.2, 0.25) is 0 Å². The van der Waals surface area contributed by atoms with Crippen molar-refractivity contribution in [3.63, 3.8) is 0 Å². The van der Waals surface area contributed by atoms with Crippen LogP contribution in [0.4, 0.5) is 0 Å². The van der Waals surface area contributed by atoms with Gasteiger partial charge in [0.15, 0.2) is 5.03 Å². The molecule has 2 heterocycles. The molecule has 1 aliphatic heterocycles. The second-order valence-electron chi connectivity index (χ2n) is 5.63. The molecule has 1 aromatic carbocycles. The van der Waals surface area contributed by atoms with Crippen LogP contribution >= 0.6 is 0 Å². The molecule has 7 nitrogen and oxygen atoms in total. The molecule has 1 N–H and O–H groups in total. The molecule has 1 atom stereocenters. The molecule has 1 saturated heterocycles. The number of nitrogens with one attached hydrogen (secondary N) is 1. The fourth-order valence-electron chi connectivity index (χ4n) is 2.87. The van der Waals surface area contributed by atoms with Crippen LogP contribution < -0.4 is 5.32 Å².